The molecule has 0 N–H and O–H groups in total. The van der Waals surface area contributed by atoms with Crippen LogP contribution in [0.3, 0.4) is 0 Å². The SMILES string of the molecule is COC(=O)c1ccc(CC2C=N2)cc1. The van der Waals surface area contributed by atoms with Crippen molar-refractivity contribution in [2.45, 2.75) is 12.5 Å². The topological polar surface area (TPSA) is 38.7 Å². The quantitative estimate of drug-likeness (QED) is 0.675. The van der Waals surface area contributed by atoms with Gasteiger partial charge in [-0.15, -0.1) is 0 Å². The van der Waals surface area contributed by atoms with E-state index in [-0.39, 0.29) is 5.97 Å². The second kappa shape index (κ2) is 3.62. The highest BCUT2D eigenvalue weighted by Crippen LogP contribution is 2.12. The zero-order valence-corrected chi connectivity index (χ0v) is 7.93. The fourth-order valence-corrected chi connectivity index (χ4v) is 1.30. The highest BCUT2D eigenvalue weighted by Gasteiger charge is 2.13. The molecule has 3 nitrogen and oxygen atoms in total. The molecule has 1 heterocycles. The number of hydrogen-bond acceptors (Lipinski definition) is 3. The third-order valence-electron chi connectivity index (χ3n) is 2.18. The maximum atomic E-state index is 11.1. The van der Waals surface area contributed by atoms with Gasteiger partial charge in [0.05, 0.1) is 18.7 Å². The van der Waals surface area contributed by atoms with E-state index in [0.717, 1.165) is 6.42 Å². The van der Waals surface area contributed by atoms with Crippen LogP contribution in [0.25, 0.3) is 0 Å². The van der Waals surface area contributed by atoms with Crippen molar-refractivity contribution < 1.29 is 9.53 Å². The zero-order chi connectivity index (χ0) is 9.97. The second-order valence-corrected chi connectivity index (χ2v) is 3.26. The van der Waals surface area contributed by atoms with Gasteiger partial charge in [-0.2, -0.15) is 0 Å². The summed E-state index contributed by atoms with van der Waals surface area (Å²) in [5.74, 6) is -0.292. The molecule has 0 saturated carbocycles. The Balaban J connectivity index is 2.04. The molecule has 72 valence electrons. The smallest absolute Gasteiger partial charge is 0.337 e. The van der Waals surface area contributed by atoms with Gasteiger partial charge in [0, 0.05) is 6.21 Å². The van der Waals surface area contributed by atoms with Gasteiger partial charge >= 0.3 is 5.97 Å². The van der Waals surface area contributed by atoms with E-state index in [2.05, 4.69) is 9.73 Å². The Hall–Kier alpha value is -1.64. The van der Waals surface area contributed by atoms with Crippen molar-refractivity contribution in [3.05, 3.63) is 35.4 Å². The first kappa shape index (κ1) is 8.94. The Morgan fingerprint density at radius 1 is 1.43 bits per heavy atom. The first-order valence-corrected chi connectivity index (χ1v) is 4.50. The van der Waals surface area contributed by atoms with Gasteiger partial charge in [-0.25, -0.2) is 4.79 Å². The third-order valence-corrected chi connectivity index (χ3v) is 2.18. The van der Waals surface area contributed by atoms with Crippen LogP contribution < -0.4 is 0 Å². The molecule has 2 rings (SSSR count). The van der Waals surface area contributed by atoms with Gasteiger partial charge in [0.25, 0.3) is 0 Å². The predicted octanol–water partition coefficient (Wildman–Crippen LogP) is 1.47. The molecule has 1 unspecified atom stereocenters. The lowest BCUT2D eigenvalue weighted by Gasteiger charge is -2.01. The van der Waals surface area contributed by atoms with E-state index in [9.17, 15) is 4.79 Å². The molecule has 0 amide bonds. The van der Waals surface area contributed by atoms with Crippen LogP contribution in [0.1, 0.15) is 15.9 Å². The molecule has 1 aliphatic rings. The van der Waals surface area contributed by atoms with Crippen LogP contribution in [0.2, 0.25) is 0 Å². The Morgan fingerprint density at radius 3 is 2.57 bits per heavy atom. The summed E-state index contributed by atoms with van der Waals surface area (Å²) in [4.78, 5) is 15.2. The van der Waals surface area contributed by atoms with Crippen LogP contribution in [-0.4, -0.2) is 25.3 Å². The molecular formula is C11H11NO2. The summed E-state index contributed by atoms with van der Waals surface area (Å²) in [6.45, 7) is 0. The first-order chi connectivity index (χ1) is 6.79. The number of ether oxygens (including phenoxy) is 1. The summed E-state index contributed by atoms with van der Waals surface area (Å²) >= 11 is 0. The van der Waals surface area contributed by atoms with E-state index in [0.29, 0.717) is 11.6 Å². The molecule has 1 atom stereocenters. The van der Waals surface area contributed by atoms with Crippen molar-refractivity contribution in [1.29, 1.82) is 0 Å². The van der Waals surface area contributed by atoms with Gasteiger partial charge in [0.2, 0.25) is 0 Å². The Kier molecular flexibility index (Phi) is 2.31. The first-order valence-electron chi connectivity index (χ1n) is 4.50. The number of carbonyl (C=O) groups is 1. The van der Waals surface area contributed by atoms with Crippen molar-refractivity contribution >= 4 is 12.2 Å². The average molecular weight is 189 g/mol. The zero-order valence-electron chi connectivity index (χ0n) is 7.93. The Labute approximate surface area is 82.4 Å². The van der Waals surface area contributed by atoms with Gasteiger partial charge in [0.15, 0.2) is 0 Å². The van der Waals surface area contributed by atoms with Crippen LogP contribution in [0.5, 0.6) is 0 Å². The molecule has 0 radical (unpaired) electrons. The molecule has 0 saturated heterocycles. The van der Waals surface area contributed by atoms with Crippen LogP contribution >= 0.6 is 0 Å². The molecule has 14 heavy (non-hydrogen) atoms. The van der Waals surface area contributed by atoms with E-state index < -0.39 is 0 Å². The molecular weight excluding hydrogens is 178 g/mol. The average Bonchev–Trinajstić information content (AvgIpc) is 3.02. The number of esters is 1. The minimum absolute atomic E-state index is 0.292. The number of benzene rings is 1. The van der Waals surface area contributed by atoms with Crippen LogP contribution in [-0.2, 0) is 11.2 Å². The highest BCUT2D eigenvalue weighted by molar-refractivity contribution is 5.89. The summed E-state index contributed by atoms with van der Waals surface area (Å²) in [5.41, 5.74) is 1.79. The van der Waals surface area contributed by atoms with Gasteiger partial charge in [-0.3, -0.25) is 4.99 Å². The predicted molar refractivity (Wildman–Crippen MR) is 53.8 cm³/mol. The van der Waals surface area contributed by atoms with Gasteiger partial charge in [-0.05, 0) is 24.1 Å². The van der Waals surface area contributed by atoms with Crippen molar-refractivity contribution in [3.63, 3.8) is 0 Å². The fourth-order valence-electron chi connectivity index (χ4n) is 1.30. The molecule has 0 fully saturated rings. The Morgan fingerprint density at radius 2 is 2.07 bits per heavy atom. The van der Waals surface area contributed by atoms with Crippen molar-refractivity contribution in [3.8, 4) is 0 Å². The minimum Gasteiger partial charge on any atom is -0.465 e. The maximum Gasteiger partial charge on any atom is 0.337 e. The monoisotopic (exact) mass is 189 g/mol. The molecule has 3 heteroatoms. The normalized spacial score (nSPS) is 17.9. The van der Waals surface area contributed by atoms with Crippen molar-refractivity contribution in [2.75, 3.05) is 7.11 Å². The Bertz CT molecular complexity index is 361. The number of methoxy groups -OCH3 is 1. The molecule has 0 aliphatic carbocycles. The molecule has 1 aromatic carbocycles. The van der Waals surface area contributed by atoms with E-state index in [4.69, 9.17) is 0 Å². The standard InChI is InChI=1S/C11H11NO2/c1-14-11(13)9-4-2-8(3-5-9)6-10-7-12-10/h2-5,7,10H,6H2,1H3. The fraction of sp³-hybridized carbons (Fsp3) is 0.273. The van der Waals surface area contributed by atoms with E-state index >= 15 is 0 Å². The van der Waals surface area contributed by atoms with E-state index in [1.807, 2.05) is 18.3 Å². The number of aliphatic imine (C=N–C) groups is 1. The lowest BCUT2D eigenvalue weighted by atomic mass is 10.1. The van der Waals surface area contributed by atoms with Crippen LogP contribution in [0.15, 0.2) is 29.3 Å². The minimum atomic E-state index is -0.292. The number of carbonyl (C=O) groups excluding carboxylic acids is 1. The molecule has 1 aliphatic heterocycles. The molecule has 1 aromatic rings. The van der Waals surface area contributed by atoms with Gasteiger partial charge < -0.3 is 4.74 Å². The third kappa shape index (κ3) is 1.99. The number of nitrogens with zero attached hydrogens (tertiary/aromatic N) is 1. The van der Waals surface area contributed by atoms with Crippen LogP contribution in [0.4, 0.5) is 0 Å². The summed E-state index contributed by atoms with van der Waals surface area (Å²) in [7, 11) is 1.38. The second-order valence-electron chi connectivity index (χ2n) is 3.26. The largest absolute Gasteiger partial charge is 0.465 e. The summed E-state index contributed by atoms with van der Waals surface area (Å²) < 4.78 is 4.61. The molecule has 0 aromatic heterocycles. The van der Waals surface area contributed by atoms with E-state index in [1.54, 1.807) is 12.1 Å². The summed E-state index contributed by atoms with van der Waals surface area (Å²) in [6, 6.07) is 7.83. The lowest BCUT2D eigenvalue weighted by Crippen LogP contribution is -2.01. The highest BCUT2D eigenvalue weighted by atomic mass is 16.5. The van der Waals surface area contributed by atoms with Crippen molar-refractivity contribution in [1.82, 2.24) is 0 Å². The molecule has 0 spiro atoms. The number of rotatable bonds is 3. The number of hydrogen-bond donors (Lipinski definition) is 0. The summed E-state index contributed by atoms with van der Waals surface area (Å²) in [5, 5.41) is 0. The van der Waals surface area contributed by atoms with Gasteiger partial charge in [-0.1, -0.05) is 12.1 Å². The summed E-state index contributed by atoms with van der Waals surface area (Å²) in [6.07, 6.45) is 2.86. The van der Waals surface area contributed by atoms with Crippen molar-refractivity contribution in [2.24, 2.45) is 4.99 Å². The lowest BCUT2D eigenvalue weighted by molar-refractivity contribution is 0.0601. The van der Waals surface area contributed by atoms with E-state index in [1.165, 1.54) is 12.7 Å². The molecule has 0 bridgehead atoms. The van der Waals surface area contributed by atoms with Gasteiger partial charge in [0.1, 0.15) is 0 Å². The van der Waals surface area contributed by atoms with Crippen LogP contribution in [0, 0.1) is 0 Å². The maximum absolute atomic E-state index is 11.1.